The summed E-state index contributed by atoms with van der Waals surface area (Å²) in [5.74, 6) is -1.67. The quantitative estimate of drug-likeness (QED) is 0.868. The van der Waals surface area contributed by atoms with Gasteiger partial charge < -0.3 is 15.4 Å². The van der Waals surface area contributed by atoms with Crippen molar-refractivity contribution in [1.29, 1.82) is 0 Å². The van der Waals surface area contributed by atoms with E-state index in [4.69, 9.17) is 4.74 Å². The van der Waals surface area contributed by atoms with E-state index in [-0.39, 0.29) is 12.6 Å². The molecule has 0 bridgehead atoms. The van der Waals surface area contributed by atoms with Crippen LogP contribution >= 0.6 is 0 Å². The standard InChI is InChI=1S/C14H18F2N2O2/c1-9-10(5-6-20-9)7-17-8-13(19)18-14-11(15)3-2-4-12(14)16/h2-4,9-10,17H,5-8H2,1H3,(H,18,19). The number of benzene rings is 1. The van der Waals surface area contributed by atoms with Crippen molar-refractivity contribution in [3.63, 3.8) is 0 Å². The first-order chi connectivity index (χ1) is 9.58. The average molecular weight is 284 g/mol. The number of nitrogens with one attached hydrogen (secondary N) is 2. The number of halogens is 2. The third kappa shape index (κ3) is 3.74. The highest BCUT2D eigenvalue weighted by atomic mass is 19.1. The van der Waals surface area contributed by atoms with Gasteiger partial charge >= 0.3 is 0 Å². The molecule has 2 atom stereocenters. The molecule has 0 aromatic heterocycles. The first-order valence-corrected chi connectivity index (χ1v) is 6.64. The molecular weight excluding hydrogens is 266 g/mol. The van der Waals surface area contributed by atoms with Crippen molar-refractivity contribution in [2.45, 2.75) is 19.4 Å². The zero-order chi connectivity index (χ0) is 14.5. The second-order valence-electron chi connectivity index (χ2n) is 4.90. The molecule has 1 aliphatic rings. The Morgan fingerprint density at radius 2 is 2.10 bits per heavy atom. The van der Waals surface area contributed by atoms with Crippen LogP contribution in [0.15, 0.2) is 18.2 Å². The number of rotatable bonds is 5. The highest BCUT2D eigenvalue weighted by Gasteiger charge is 2.23. The van der Waals surface area contributed by atoms with Gasteiger partial charge in [-0.2, -0.15) is 0 Å². The van der Waals surface area contributed by atoms with Crippen LogP contribution in [0.3, 0.4) is 0 Å². The minimum atomic E-state index is -0.781. The maximum absolute atomic E-state index is 13.3. The molecule has 2 unspecified atom stereocenters. The molecule has 2 rings (SSSR count). The number of ether oxygens (including phenoxy) is 1. The smallest absolute Gasteiger partial charge is 0.238 e. The van der Waals surface area contributed by atoms with Gasteiger partial charge in [0.1, 0.15) is 17.3 Å². The summed E-state index contributed by atoms with van der Waals surface area (Å²) >= 11 is 0. The molecule has 110 valence electrons. The highest BCUT2D eigenvalue weighted by molar-refractivity contribution is 5.92. The van der Waals surface area contributed by atoms with Crippen molar-refractivity contribution >= 4 is 11.6 Å². The lowest BCUT2D eigenvalue weighted by Crippen LogP contribution is -2.34. The maximum atomic E-state index is 13.3. The average Bonchev–Trinajstić information content (AvgIpc) is 2.80. The number of hydrogen-bond acceptors (Lipinski definition) is 3. The first kappa shape index (κ1) is 14.9. The summed E-state index contributed by atoms with van der Waals surface area (Å²) in [5.41, 5.74) is -0.406. The molecule has 0 aliphatic carbocycles. The summed E-state index contributed by atoms with van der Waals surface area (Å²) in [6.07, 6.45) is 1.13. The van der Waals surface area contributed by atoms with Gasteiger partial charge in [0.25, 0.3) is 0 Å². The zero-order valence-electron chi connectivity index (χ0n) is 11.3. The first-order valence-electron chi connectivity index (χ1n) is 6.64. The Morgan fingerprint density at radius 3 is 2.70 bits per heavy atom. The molecular formula is C14H18F2N2O2. The molecule has 1 aromatic rings. The van der Waals surface area contributed by atoms with Gasteiger partial charge in [-0.05, 0) is 31.4 Å². The Bertz CT molecular complexity index is 462. The lowest BCUT2D eigenvalue weighted by molar-refractivity contribution is -0.115. The van der Waals surface area contributed by atoms with E-state index in [1.807, 2.05) is 6.92 Å². The van der Waals surface area contributed by atoms with Crippen molar-refractivity contribution in [2.24, 2.45) is 5.92 Å². The fraction of sp³-hybridized carbons (Fsp3) is 0.500. The van der Waals surface area contributed by atoms with E-state index in [9.17, 15) is 13.6 Å². The summed E-state index contributed by atoms with van der Waals surface area (Å²) in [5, 5.41) is 5.21. The molecule has 20 heavy (non-hydrogen) atoms. The van der Waals surface area contributed by atoms with Crippen molar-refractivity contribution in [1.82, 2.24) is 5.32 Å². The molecule has 1 saturated heterocycles. The Labute approximate surface area is 116 Å². The number of anilines is 1. The van der Waals surface area contributed by atoms with Crippen molar-refractivity contribution in [3.8, 4) is 0 Å². The predicted molar refractivity (Wildman–Crippen MR) is 71.4 cm³/mol. The molecule has 1 aromatic carbocycles. The van der Waals surface area contributed by atoms with Gasteiger partial charge in [0, 0.05) is 13.2 Å². The molecule has 4 nitrogen and oxygen atoms in total. The fourth-order valence-electron chi connectivity index (χ4n) is 2.22. The lowest BCUT2D eigenvalue weighted by atomic mass is 10.0. The van der Waals surface area contributed by atoms with E-state index in [1.54, 1.807) is 0 Å². The van der Waals surface area contributed by atoms with E-state index in [0.717, 1.165) is 25.2 Å². The van der Waals surface area contributed by atoms with Crippen LogP contribution in [-0.4, -0.2) is 31.7 Å². The Balaban J connectivity index is 1.78. The van der Waals surface area contributed by atoms with Crippen LogP contribution in [0.25, 0.3) is 0 Å². The minimum absolute atomic E-state index is 0.0109. The predicted octanol–water partition coefficient (Wildman–Crippen LogP) is 1.92. The SMILES string of the molecule is CC1OCCC1CNCC(=O)Nc1c(F)cccc1F. The largest absolute Gasteiger partial charge is 0.378 e. The summed E-state index contributed by atoms with van der Waals surface area (Å²) in [7, 11) is 0. The number of para-hydroxylation sites is 1. The minimum Gasteiger partial charge on any atom is -0.378 e. The van der Waals surface area contributed by atoms with E-state index in [1.165, 1.54) is 6.07 Å². The van der Waals surface area contributed by atoms with Crippen LogP contribution in [0.4, 0.5) is 14.5 Å². The van der Waals surface area contributed by atoms with Gasteiger partial charge in [0.2, 0.25) is 5.91 Å². The Hall–Kier alpha value is -1.53. The summed E-state index contributed by atoms with van der Waals surface area (Å²) in [6.45, 7) is 3.39. The van der Waals surface area contributed by atoms with Gasteiger partial charge in [-0.15, -0.1) is 0 Å². The van der Waals surface area contributed by atoms with Crippen LogP contribution in [0, 0.1) is 17.6 Å². The number of hydrogen-bond donors (Lipinski definition) is 2. The second-order valence-corrected chi connectivity index (χ2v) is 4.90. The molecule has 1 fully saturated rings. The van der Waals surface area contributed by atoms with Gasteiger partial charge in [0.05, 0.1) is 12.6 Å². The topological polar surface area (TPSA) is 50.4 Å². The monoisotopic (exact) mass is 284 g/mol. The van der Waals surface area contributed by atoms with E-state index < -0.39 is 23.2 Å². The lowest BCUT2D eigenvalue weighted by Gasteiger charge is -2.14. The van der Waals surface area contributed by atoms with Crippen molar-refractivity contribution in [2.75, 3.05) is 25.0 Å². The van der Waals surface area contributed by atoms with E-state index >= 15 is 0 Å². The Morgan fingerprint density at radius 1 is 1.40 bits per heavy atom. The highest BCUT2D eigenvalue weighted by Crippen LogP contribution is 2.19. The summed E-state index contributed by atoms with van der Waals surface area (Å²) in [6, 6.07) is 3.45. The number of carbonyl (C=O) groups is 1. The molecule has 6 heteroatoms. The van der Waals surface area contributed by atoms with Crippen molar-refractivity contribution in [3.05, 3.63) is 29.8 Å². The molecule has 0 radical (unpaired) electrons. The number of amides is 1. The van der Waals surface area contributed by atoms with Crippen LogP contribution in [0.5, 0.6) is 0 Å². The third-order valence-electron chi connectivity index (χ3n) is 3.45. The molecule has 1 aliphatic heterocycles. The van der Waals surface area contributed by atoms with Gasteiger partial charge in [0.15, 0.2) is 0 Å². The Kier molecular flexibility index (Phi) is 5.03. The normalized spacial score (nSPS) is 21.9. The van der Waals surface area contributed by atoms with Gasteiger partial charge in [-0.3, -0.25) is 4.79 Å². The second kappa shape index (κ2) is 6.76. The maximum Gasteiger partial charge on any atom is 0.238 e. The van der Waals surface area contributed by atoms with Crippen LogP contribution < -0.4 is 10.6 Å². The summed E-state index contributed by atoms with van der Waals surface area (Å²) in [4.78, 5) is 11.6. The van der Waals surface area contributed by atoms with E-state index in [2.05, 4.69) is 10.6 Å². The van der Waals surface area contributed by atoms with Gasteiger partial charge in [-0.25, -0.2) is 8.78 Å². The molecule has 2 N–H and O–H groups in total. The third-order valence-corrected chi connectivity index (χ3v) is 3.45. The van der Waals surface area contributed by atoms with Crippen LogP contribution in [-0.2, 0) is 9.53 Å². The zero-order valence-corrected chi connectivity index (χ0v) is 11.3. The molecule has 0 saturated carbocycles. The van der Waals surface area contributed by atoms with Crippen molar-refractivity contribution < 1.29 is 18.3 Å². The number of carbonyl (C=O) groups excluding carboxylic acids is 1. The van der Waals surface area contributed by atoms with Gasteiger partial charge in [-0.1, -0.05) is 6.07 Å². The molecule has 0 spiro atoms. The van der Waals surface area contributed by atoms with Crippen LogP contribution in [0.2, 0.25) is 0 Å². The molecule has 1 amide bonds. The molecule has 1 heterocycles. The van der Waals surface area contributed by atoms with E-state index in [0.29, 0.717) is 12.5 Å². The van der Waals surface area contributed by atoms with Crippen LogP contribution in [0.1, 0.15) is 13.3 Å². The fourth-order valence-corrected chi connectivity index (χ4v) is 2.22. The summed E-state index contributed by atoms with van der Waals surface area (Å²) < 4.78 is 32.1.